The lowest BCUT2D eigenvalue weighted by Crippen LogP contribution is -2.20. The zero-order chi connectivity index (χ0) is 14.0. The van der Waals surface area contributed by atoms with Crippen LogP contribution in [0.4, 0.5) is 13.2 Å². The minimum atomic E-state index is -4.72. The maximum absolute atomic E-state index is 12.1. The zero-order valence-corrected chi connectivity index (χ0v) is 10.3. The first-order chi connectivity index (χ1) is 8.13. The molecule has 0 saturated heterocycles. The Hall–Kier alpha value is -1.57. The van der Waals surface area contributed by atoms with E-state index in [1.807, 2.05) is 0 Å². The molecule has 0 unspecified atom stereocenters. The van der Waals surface area contributed by atoms with E-state index in [0.717, 1.165) is 5.56 Å². The van der Waals surface area contributed by atoms with Gasteiger partial charge in [0.05, 0.1) is 0 Å². The van der Waals surface area contributed by atoms with E-state index in [1.54, 1.807) is 6.92 Å². The quantitative estimate of drug-likeness (QED) is 0.632. The smallest absolute Gasteiger partial charge is 0.265 e. The van der Waals surface area contributed by atoms with Crippen molar-refractivity contribution in [2.45, 2.75) is 24.9 Å². The molecule has 0 aliphatic carbocycles. The summed E-state index contributed by atoms with van der Waals surface area (Å²) in [5.41, 5.74) is -0.567. The first-order valence-electron chi connectivity index (χ1n) is 4.75. The SMILES string of the molecule is CC(=NOS(=O)(=O)c1ccc(C)cc1)C(F)(F)F. The van der Waals surface area contributed by atoms with Crippen LogP contribution in [0.5, 0.6) is 0 Å². The van der Waals surface area contributed by atoms with E-state index in [1.165, 1.54) is 24.3 Å². The molecular weight excluding hydrogens is 271 g/mol. The standard InChI is InChI=1S/C10H10F3NO3S/c1-7-3-5-9(6-4-7)18(15,16)17-14-8(2)10(11,12)13/h3-6H,1-2H3. The lowest BCUT2D eigenvalue weighted by molar-refractivity contribution is -0.0609. The lowest BCUT2D eigenvalue weighted by atomic mass is 10.2. The van der Waals surface area contributed by atoms with Crippen molar-refractivity contribution in [3.8, 4) is 0 Å². The summed E-state index contributed by atoms with van der Waals surface area (Å²) in [4.78, 5) is -0.258. The molecular formula is C10H10F3NO3S. The summed E-state index contributed by atoms with van der Waals surface area (Å²) in [6, 6.07) is 5.44. The summed E-state index contributed by atoms with van der Waals surface area (Å²) in [6.45, 7) is 2.36. The van der Waals surface area contributed by atoms with Crippen LogP contribution in [-0.4, -0.2) is 20.3 Å². The van der Waals surface area contributed by atoms with Crippen molar-refractivity contribution in [3.05, 3.63) is 29.8 Å². The number of halogens is 3. The van der Waals surface area contributed by atoms with Gasteiger partial charge in [-0.25, -0.2) is 0 Å². The van der Waals surface area contributed by atoms with Crippen LogP contribution in [0.15, 0.2) is 34.3 Å². The topological polar surface area (TPSA) is 55.7 Å². The molecule has 0 bridgehead atoms. The Morgan fingerprint density at radius 2 is 1.72 bits per heavy atom. The van der Waals surface area contributed by atoms with Crippen LogP contribution in [0, 0.1) is 6.92 Å². The molecule has 0 fully saturated rings. The predicted octanol–water partition coefficient (Wildman–Crippen LogP) is 2.64. The van der Waals surface area contributed by atoms with Gasteiger partial charge in [0.2, 0.25) is 0 Å². The van der Waals surface area contributed by atoms with Gasteiger partial charge in [-0.3, -0.25) is 4.28 Å². The van der Waals surface area contributed by atoms with Crippen LogP contribution in [0.3, 0.4) is 0 Å². The Morgan fingerprint density at radius 1 is 1.22 bits per heavy atom. The summed E-state index contributed by atoms with van der Waals surface area (Å²) in [5.74, 6) is 0. The molecule has 4 nitrogen and oxygen atoms in total. The lowest BCUT2D eigenvalue weighted by Gasteiger charge is -2.05. The first kappa shape index (κ1) is 14.5. The minimum Gasteiger partial charge on any atom is -0.265 e. The monoisotopic (exact) mass is 281 g/mol. The highest BCUT2D eigenvalue weighted by molar-refractivity contribution is 7.86. The van der Waals surface area contributed by atoms with Gasteiger partial charge in [-0.1, -0.05) is 22.9 Å². The molecule has 0 aromatic heterocycles. The molecule has 18 heavy (non-hydrogen) atoms. The molecule has 8 heteroatoms. The van der Waals surface area contributed by atoms with E-state index in [-0.39, 0.29) is 4.90 Å². The molecule has 0 saturated carbocycles. The second-order valence-electron chi connectivity index (χ2n) is 3.52. The summed E-state index contributed by atoms with van der Waals surface area (Å²) in [7, 11) is -4.32. The summed E-state index contributed by atoms with van der Waals surface area (Å²) >= 11 is 0. The average molecular weight is 281 g/mol. The maximum atomic E-state index is 12.1. The Morgan fingerprint density at radius 3 is 2.17 bits per heavy atom. The molecule has 1 aromatic carbocycles. The highest BCUT2D eigenvalue weighted by Gasteiger charge is 2.33. The predicted molar refractivity (Wildman–Crippen MR) is 58.6 cm³/mol. The number of benzene rings is 1. The number of oxime groups is 1. The molecule has 0 amide bonds. The second kappa shape index (κ2) is 4.97. The average Bonchev–Trinajstić information content (AvgIpc) is 2.25. The van der Waals surface area contributed by atoms with Gasteiger partial charge in [0.1, 0.15) is 4.90 Å². The fraction of sp³-hybridized carbons (Fsp3) is 0.300. The summed E-state index contributed by atoms with van der Waals surface area (Å²) in [6.07, 6.45) is -4.72. The molecule has 1 aromatic rings. The van der Waals surface area contributed by atoms with Crippen molar-refractivity contribution < 1.29 is 25.9 Å². The fourth-order valence-corrected chi connectivity index (χ4v) is 1.67. The van der Waals surface area contributed by atoms with E-state index in [9.17, 15) is 21.6 Å². The van der Waals surface area contributed by atoms with Gasteiger partial charge in [-0.15, -0.1) is 0 Å². The van der Waals surface area contributed by atoms with Crippen molar-refractivity contribution in [1.82, 2.24) is 0 Å². The normalized spacial score (nSPS) is 13.5. The number of hydrogen-bond donors (Lipinski definition) is 0. The Labute approximate surface area is 102 Å². The van der Waals surface area contributed by atoms with Gasteiger partial charge >= 0.3 is 16.3 Å². The van der Waals surface area contributed by atoms with Gasteiger partial charge in [0.25, 0.3) is 0 Å². The van der Waals surface area contributed by atoms with E-state index in [2.05, 4.69) is 9.44 Å². The van der Waals surface area contributed by atoms with Crippen molar-refractivity contribution in [1.29, 1.82) is 0 Å². The maximum Gasteiger partial charge on any atom is 0.432 e. The molecule has 0 radical (unpaired) electrons. The number of aryl methyl sites for hydroxylation is 1. The van der Waals surface area contributed by atoms with Gasteiger partial charge in [-0.05, 0) is 26.0 Å². The molecule has 1 rings (SSSR count). The van der Waals surface area contributed by atoms with Crippen molar-refractivity contribution in [2.24, 2.45) is 5.16 Å². The van der Waals surface area contributed by atoms with Gasteiger partial charge in [-0.2, -0.15) is 21.6 Å². The number of hydrogen-bond acceptors (Lipinski definition) is 4. The molecule has 0 atom stereocenters. The Balaban J connectivity index is 2.94. The van der Waals surface area contributed by atoms with E-state index < -0.39 is 22.0 Å². The van der Waals surface area contributed by atoms with Crippen LogP contribution in [0.1, 0.15) is 12.5 Å². The largest absolute Gasteiger partial charge is 0.432 e. The first-order valence-corrected chi connectivity index (χ1v) is 6.16. The van der Waals surface area contributed by atoms with Crippen molar-refractivity contribution in [3.63, 3.8) is 0 Å². The van der Waals surface area contributed by atoms with E-state index in [4.69, 9.17) is 0 Å². The second-order valence-corrected chi connectivity index (χ2v) is 5.04. The van der Waals surface area contributed by atoms with E-state index >= 15 is 0 Å². The van der Waals surface area contributed by atoms with Crippen LogP contribution < -0.4 is 0 Å². The molecule has 0 spiro atoms. The minimum absolute atomic E-state index is 0.258. The number of alkyl halides is 3. The Bertz CT molecular complexity index is 547. The fourth-order valence-electron chi connectivity index (χ4n) is 0.905. The van der Waals surface area contributed by atoms with E-state index in [0.29, 0.717) is 6.92 Å². The zero-order valence-electron chi connectivity index (χ0n) is 9.52. The molecule has 0 N–H and O–H groups in total. The van der Waals surface area contributed by atoms with Crippen LogP contribution in [0.2, 0.25) is 0 Å². The van der Waals surface area contributed by atoms with Crippen molar-refractivity contribution in [2.75, 3.05) is 0 Å². The summed E-state index contributed by atoms with van der Waals surface area (Å²) < 4.78 is 63.2. The molecule has 0 heterocycles. The van der Waals surface area contributed by atoms with Crippen molar-refractivity contribution >= 4 is 15.8 Å². The van der Waals surface area contributed by atoms with Crippen LogP contribution in [-0.2, 0) is 14.4 Å². The third kappa shape index (κ3) is 3.73. The molecule has 0 aliphatic heterocycles. The molecule has 0 aliphatic rings. The third-order valence-corrected chi connectivity index (χ3v) is 3.11. The van der Waals surface area contributed by atoms with Crippen LogP contribution >= 0.6 is 0 Å². The van der Waals surface area contributed by atoms with Gasteiger partial charge in [0, 0.05) is 0 Å². The highest BCUT2D eigenvalue weighted by atomic mass is 32.2. The Kier molecular flexibility index (Phi) is 4.00. The number of nitrogens with zero attached hydrogens (tertiary/aromatic N) is 1. The highest BCUT2D eigenvalue weighted by Crippen LogP contribution is 2.19. The van der Waals surface area contributed by atoms with Gasteiger partial charge in [0.15, 0.2) is 5.71 Å². The van der Waals surface area contributed by atoms with Gasteiger partial charge < -0.3 is 0 Å². The molecule has 100 valence electrons. The summed E-state index contributed by atoms with van der Waals surface area (Å²) in [5, 5.41) is 2.57. The number of rotatable bonds is 3. The third-order valence-electron chi connectivity index (χ3n) is 1.99. The van der Waals surface area contributed by atoms with Crippen LogP contribution in [0.25, 0.3) is 0 Å².